The number of carbonyl (C=O) groups excluding carboxylic acids is 1. The third-order valence-electron chi connectivity index (χ3n) is 6.51. The van der Waals surface area contributed by atoms with Crippen molar-refractivity contribution in [3.05, 3.63) is 108 Å². The smallest absolute Gasteiger partial charge is 0.272 e. The van der Waals surface area contributed by atoms with Crippen LogP contribution in [-0.4, -0.2) is 32.4 Å². The molecule has 1 aliphatic heterocycles. The van der Waals surface area contributed by atoms with E-state index in [1.807, 2.05) is 77.7 Å². The molecule has 1 fully saturated rings. The SMILES string of the molecule is C=S(=O)(Cc1cccc(C(=O)N2CCCCC2c2ccccc2)n1)c1cccc2ccccc12. The van der Waals surface area contributed by atoms with Crippen molar-refractivity contribution in [2.24, 2.45) is 0 Å². The number of fused-ring (bicyclic) bond motifs is 1. The van der Waals surface area contributed by atoms with Crippen molar-refractivity contribution < 1.29 is 9.00 Å². The average molecular weight is 469 g/mol. The Morgan fingerprint density at radius 1 is 0.912 bits per heavy atom. The van der Waals surface area contributed by atoms with Crippen LogP contribution in [0.1, 0.15) is 47.1 Å². The monoisotopic (exact) mass is 468 g/mol. The van der Waals surface area contributed by atoms with Crippen LogP contribution in [0.4, 0.5) is 0 Å². The van der Waals surface area contributed by atoms with Gasteiger partial charge in [-0.25, -0.2) is 4.98 Å². The van der Waals surface area contributed by atoms with Crippen LogP contribution in [-0.2, 0) is 15.3 Å². The minimum Gasteiger partial charge on any atom is -0.330 e. The summed E-state index contributed by atoms with van der Waals surface area (Å²) in [6.45, 7) is 0.715. The van der Waals surface area contributed by atoms with Crippen LogP contribution >= 0.6 is 0 Å². The first-order valence-electron chi connectivity index (χ1n) is 11.7. The predicted octanol–water partition coefficient (Wildman–Crippen LogP) is 5.88. The maximum atomic E-state index is 13.7. The fraction of sp³-hybridized carbons (Fsp3) is 0.207. The van der Waals surface area contributed by atoms with Gasteiger partial charge in [-0.05, 0) is 59.7 Å². The van der Waals surface area contributed by atoms with Crippen LogP contribution in [0.3, 0.4) is 0 Å². The van der Waals surface area contributed by atoms with Crippen LogP contribution in [0.5, 0.6) is 0 Å². The first-order chi connectivity index (χ1) is 16.5. The molecule has 1 aliphatic rings. The summed E-state index contributed by atoms with van der Waals surface area (Å²) in [5.41, 5.74) is 2.17. The Morgan fingerprint density at radius 3 is 2.50 bits per heavy atom. The van der Waals surface area contributed by atoms with Crippen molar-refractivity contribution in [2.75, 3.05) is 6.54 Å². The molecule has 2 heterocycles. The number of hydrogen-bond donors (Lipinski definition) is 0. The topological polar surface area (TPSA) is 50.3 Å². The number of nitrogens with zero attached hydrogens (tertiary/aromatic N) is 2. The highest BCUT2D eigenvalue weighted by atomic mass is 32.2. The quantitative estimate of drug-likeness (QED) is 0.344. The van der Waals surface area contributed by atoms with Crippen LogP contribution < -0.4 is 0 Å². The predicted molar refractivity (Wildman–Crippen MR) is 139 cm³/mol. The molecule has 34 heavy (non-hydrogen) atoms. The summed E-state index contributed by atoms with van der Waals surface area (Å²) in [5.74, 6) is 4.21. The van der Waals surface area contributed by atoms with Gasteiger partial charge in [-0.3, -0.25) is 9.00 Å². The molecule has 2 atom stereocenters. The largest absolute Gasteiger partial charge is 0.330 e. The molecule has 1 aromatic heterocycles. The molecule has 5 rings (SSSR count). The lowest BCUT2D eigenvalue weighted by Gasteiger charge is -2.36. The van der Waals surface area contributed by atoms with E-state index >= 15 is 0 Å². The van der Waals surface area contributed by atoms with Gasteiger partial charge in [0.2, 0.25) is 0 Å². The molecular weight excluding hydrogens is 440 g/mol. The maximum Gasteiger partial charge on any atom is 0.272 e. The Bertz CT molecular complexity index is 1430. The van der Waals surface area contributed by atoms with E-state index in [0.717, 1.165) is 40.5 Å². The first-order valence-corrected chi connectivity index (χ1v) is 13.6. The van der Waals surface area contributed by atoms with Gasteiger partial charge >= 0.3 is 0 Å². The summed E-state index contributed by atoms with van der Waals surface area (Å²) in [5, 5.41) is 1.97. The number of piperidine rings is 1. The van der Waals surface area contributed by atoms with Gasteiger partial charge in [0.15, 0.2) is 0 Å². The van der Waals surface area contributed by atoms with Gasteiger partial charge in [0.25, 0.3) is 5.91 Å². The fourth-order valence-corrected chi connectivity index (χ4v) is 6.57. The summed E-state index contributed by atoms with van der Waals surface area (Å²) >= 11 is 0. The van der Waals surface area contributed by atoms with Crippen molar-refractivity contribution in [3.8, 4) is 0 Å². The third kappa shape index (κ3) is 4.48. The van der Waals surface area contributed by atoms with Crippen LogP contribution in [0.15, 0.2) is 95.9 Å². The van der Waals surface area contributed by atoms with E-state index < -0.39 is 9.52 Å². The highest BCUT2D eigenvalue weighted by molar-refractivity contribution is 7.99. The molecule has 0 saturated carbocycles. The molecule has 3 aromatic carbocycles. The van der Waals surface area contributed by atoms with E-state index in [-0.39, 0.29) is 17.7 Å². The number of rotatable bonds is 5. The van der Waals surface area contributed by atoms with Crippen LogP contribution in [0, 0.1) is 0 Å². The second-order valence-electron chi connectivity index (χ2n) is 8.87. The van der Waals surface area contributed by atoms with E-state index in [0.29, 0.717) is 17.9 Å². The molecule has 1 saturated heterocycles. The van der Waals surface area contributed by atoms with Crippen molar-refractivity contribution >= 4 is 32.1 Å². The molecule has 2 unspecified atom stereocenters. The maximum absolute atomic E-state index is 13.7. The van der Waals surface area contributed by atoms with Crippen molar-refractivity contribution in [1.82, 2.24) is 9.88 Å². The molecule has 4 aromatic rings. The molecular formula is C29H28N2O2S. The number of hydrogen-bond acceptors (Lipinski definition) is 3. The zero-order valence-corrected chi connectivity index (χ0v) is 19.9. The van der Waals surface area contributed by atoms with Crippen molar-refractivity contribution in [2.45, 2.75) is 36.0 Å². The van der Waals surface area contributed by atoms with E-state index in [1.54, 1.807) is 6.07 Å². The lowest BCUT2D eigenvalue weighted by molar-refractivity contribution is 0.0605. The summed E-state index contributed by atoms with van der Waals surface area (Å²) in [7, 11) is -2.65. The third-order valence-corrected chi connectivity index (χ3v) is 8.42. The number of amides is 1. The van der Waals surface area contributed by atoms with Gasteiger partial charge in [0.1, 0.15) is 5.69 Å². The number of carbonyl (C=O) groups is 1. The first kappa shape index (κ1) is 22.4. The standard InChI is InChI=1S/C29H28N2O2S/c1-34(33,28-19-9-14-22-11-5-6-16-25(22)28)21-24-15-10-17-26(30-24)29(32)31-20-8-7-18-27(31)23-12-3-2-4-13-23/h2-6,9-17,19,27H,1,7-8,18,20-21H2. The number of aromatic nitrogens is 1. The van der Waals surface area contributed by atoms with Crippen molar-refractivity contribution in [3.63, 3.8) is 0 Å². The van der Waals surface area contributed by atoms with Crippen LogP contribution in [0.25, 0.3) is 10.8 Å². The van der Waals surface area contributed by atoms with Gasteiger partial charge in [-0.15, -0.1) is 0 Å². The zero-order chi connectivity index (χ0) is 23.5. The minimum absolute atomic E-state index is 0.0562. The Morgan fingerprint density at radius 2 is 1.65 bits per heavy atom. The van der Waals surface area contributed by atoms with Gasteiger partial charge in [0.05, 0.1) is 17.5 Å². The van der Waals surface area contributed by atoms with Crippen molar-refractivity contribution in [1.29, 1.82) is 0 Å². The molecule has 5 heteroatoms. The normalized spacial score (nSPS) is 17.9. The van der Waals surface area contributed by atoms with Gasteiger partial charge in [0, 0.05) is 21.0 Å². The molecule has 0 bridgehead atoms. The van der Waals surface area contributed by atoms with Gasteiger partial charge in [-0.1, -0.05) is 72.8 Å². The second-order valence-corrected chi connectivity index (χ2v) is 11.2. The highest BCUT2D eigenvalue weighted by Crippen LogP contribution is 2.32. The highest BCUT2D eigenvalue weighted by Gasteiger charge is 2.29. The molecule has 0 aliphatic carbocycles. The lowest BCUT2D eigenvalue weighted by Crippen LogP contribution is -2.39. The number of pyridine rings is 1. The summed E-state index contributed by atoms with van der Waals surface area (Å²) in [6.07, 6.45) is 3.04. The molecule has 0 spiro atoms. The summed E-state index contributed by atoms with van der Waals surface area (Å²) in [6, 6.07) is 29.4. The molecule has 0 radical (unpaired) electrons. The number of benzene rings is 3. The van der Waals surface area contributed by atoms with E-state index in [2.05, 4.69) is 23.0 Å². The zero-order valence-electron chi connectivity index (χ0n) is 19.1. The fourth-order valence-electron chi connectivity index (χ4n) is 4.86. The molecule has 1 amide bonds. The minimum atomic E-state index is -2.65. The van der Waals surface area contributed by atoms with Gasteiger partial charge < -0.3 is 4.90 Å². The van der Waals surface area contributed by atoms with E-state index in [4.69, 9.17) is 0 Å². The van der Waals surface area contributed by atoms with E-state index in [9.17, 15) is 9.00 Å². The summed E-state index contributed by atoms with van der Waals surface area (Å²) < 4.78 is 13.7. The Labute approximate surface area is 201 Å². The average Bonchev–Trinajstić information content (AvgIpc) is 2.88. The Kier molecular flexibility index (Phi) is 6.20. The Hall–Kier alpha value is -3.44. The summed E-state index contributed by atoms with van der Waals surface area (Å²) in [4.78, 5) is 20.8. The number of likely N-dealkylation sites (tertiary alicyclic amines) is 1. The molecule has 0 N–H and O–H groups in total. The van der Waals surface area contributed by atoms with E-state index in [1.165, 1.54) is 0 Å². The van der Waals surface area contributed by atoms with Gasteiger partial charge in [-0.2, -0.15) is 0 Å². The lowest BCUT2D eigenvalue weighted by atomic mass is 9.95. The van der Waals surface area contributed by atoms with Crippen LogP contribution in [0.2, 0.25) is 0 Å². The molecule has 4 nitrogen and oxygen atoms in total. The Balaban J connectivity index is 1.42. The molecule has 172 valence electrons. The second kappa shape index (κ2) is 9.43.